The summed E-state index contributed by atoms with van der Waals surface area (Å²) < 4.78 is 2.52. The molecule has 448 valence electrons. The molecule has 0 amide bonds. The molecular weight excluding hydrogens is 1110 g/mol. The Morgan fingerprint density at radius 1 is 0.424 bits per heavy atom. The molecule has 6 aliphatic carbocycles. The Morgan fingerprint density at radius 3 is 1.51 bits per heavy atom. The van der Waals surface area contributed by atoms with Gasteiger partial charge in [-0.2, -0.15) is 0 Å². The highest BCUT2D eigenvalue weighted by molar-refractivity contribution is 7.00. The zero-order chi connectivity index (χ0) is 61.5. The van der Waals surface area contributed by atoms with Crippen LogP contribution in [0.4, 0.5) is 39.8 Å². The first-order valence-electron chi connectivity index (χ1n) is 34.3. The summed E-state index contributed by atoms with van der Waals surface area (Å²) in [7, 11) is 0. The topological polar surface area (TPSA) is 14.7 Å². The Hall–Kier alpha value is -9.32. The maximum Gasteiger partial charge on any atom is 0.252 e. The van der Waals surface area contributed by atoms with Gasteiger partial charge in [-0.1, -0.05) is 223 Å². The average Bonchev–Trinajstić information content (AvgIpc) is 0.792. The van der Waals surface area contributed by atoms with Gasteiger partial charge in [0.1, 0.15) is 0 Å². The molecule has 3 atom stereocenters. The van der Waals surface area contributed by atoms with E-state index < -0.39 is 0 Å². The van der Waals surface area contributed by atoms with E-state index in [2.05, 4.69) is 304 Å². The van der Waals surface area contributed by atoms with Crippen LogP contribution < -0.4 is 31.1 Å². The molecule has 0 spiro atoms. The molecule has 10 aliphatic rings. The molecule has 4 aliphatic heterocycles. The molecule has 2 saturated heterocycles. The highest BCUT2D eigenvalue weighted by atomic mass is 15.2. The second kappa shape index (κ2) is 20.1. The van der Waals surface area contributed by atoms with E-state index in [1.165, 1.54) is 160 Å². The number of nitrogens with zero attached hydrogens (tertiary/aromatic N) is 4. The number of hydrogen-bond donors (Lipinski definition) is 0. The largest absolute Gasteiger partial charge is 0.365 e. The molecule has 92 heavy (non-hydrogen) atoms. The van der Waals surface area contributed by atoms with Gasteiger partial charge in [0.05, 0.1) is 11.0 Å². The fourth-order valence-corrected chi connectivity index (χ4v) is 19.0. The molecule has 9 aromatic carbocycles. The van der Waals surface area contributed by atoms with E-state index in [0.29, 0.717) is 29.8 Å². The SMILES string of the molecule is CC(C)(C)C1=CC2=CC(c3ccc4c(c3)N(c3ccc(-c5ccccc5)cc3)c3cc(N5C6CC7CC(C6)CC5C7)cc5c3B4c3ccc(-n4c6ccccc6c6ccccc64)cc3N5c3ccc(-c4ccccc4)cc3)=C3C=C(C(C)(C)C)CC4C=CC(=C1)C2C34. The van der Waals surface area contributed by atoms with E-state index in [1.807, 2.05) is 0 Å². The molecule has 20 rings (SSSR count). The lowest BCUT2D eigenvalue weighted by Crippen LogP contribution is -2.62. The van der Waals surface area contributed by atoms with Crippen LogP contribution in [0.5, 0.6) is 0 Å². The number of benzene rings is 9. The van der Waals surface area contributed by atoms with Crippen molar-refractivity contribution >= 4 is 90.3 Å². The Labute approximate surface area is 543 Å². The van der Waals surface area contributed by atoms with Crippen molar-refractivity contribution in [2.45, 2.75) is 92.2 Å². The van der Waals surface area contributed by atoms with Crippen LogP contribution >= 0.6 is 0 Å². The van der Waals surface area contributed by atoms with Crippen LogP contribution in [-0.2, 0) is 0 Å². The molecule has 4 nitrogen and oxygen atoms in total. The number of para-hydroxylation sites is 2. The number of piperidine rings is 2. The minimum Gasteiger partial charge on any atom is -0.365 e. The van der Waals surface area contributed by atoms with Crippen LogP contribution in [0.1, 0.15) is 85.6 Å². The van der Waals surface area contributed by atoms with Gasteiger partial charge in [-0.15, -0.1) is 0 Å². The van der Waals surface area contributed by atoms with Crippen molar-refractivity contribution in [3.63, 3.8) is 0 Å². The zero-order valence-corrected chi connectivity index (χ0v) is 53.7. The van der Waals surface area contributed by atoms with Crippen LogP contribution in [0.15, 0.2) is 271 Å². The summed E-state index contributed by atoms with van der Waals surface area (Å²) in [5.74, 6) is 2.80. The minimum absolute atomic E-state index is 0.0158. The first-order chi connectivity index (χ1) is 44.8. The normalized spacial score (nSPS) is 23.0. The van der Waals surface area contributed by atoms with Crippen LogP contribution in [0.2, 0.25) is 0 Å². The summed E-state index contributed by atoms with van der Waals surface area (Å²) in [6.45, 7) is 14.3. The second-order valence-electron chi connectivity index (χ2n) is 30.5. The van der Waals surface area contributed by atoms with E-state index in [9.17, 15) is 0 Å². The summed E-state index contributed by atoms with van der Waals surface area (Å²) >= 11 is 0. The van der Waals surface area contributed by atoms with E-state index in [-0.39, 0.29) is 17.5 Å². The molecule has 5 heterocycles. The van der Waals surface area contributed by atoms with Crippen molar-refractivity contribution < 1.29 is 0 Å². The second-order valence-corrected chi connectivity index (χ2v) is 30.5. The molecular formula is C87H77BN4. The van der Waals surface area contributed by atoms with Crippen molar-refractivity contribution in [3.05, 3.63) is 276 Å². The maximum atomic E-state index is 2.95. The van der Waals surface area contributed by atoms with Gasteiger partial charge in [0.2, 0.25) is 0 Å². The van der Waals surface area contributed by atoms with E-state index in [0.717, 1.165) is 29.6 Å². The van der Waals surface area contributed by atoms with Gasteiger partial charge in [0.25, 0.3) is 6.71 Å². The van der Waals surface area contributed by atoms with E-state index in [4.69, 9.17) is 0 Å². The number of fused-ring (bicyclic) bond motifs is 7. The molecule has 4 bridgehead atoms. The number of rotatable bonds is 7. The Morgan fingerprint density at radius 2 is 0.935 bits per heavy atom. The maximum absolute atomic E-state index is 2.95. The number of hydrogen-bond acceptors (Lipinski definition) is 3. The highest BCUT2D eigenvalue weighted by Crippen LogP contribution is 2.59. The molecule has 1 aromatic heterocycles. The fraction of sp³-hybridized carbons (Fsp3) is 0.241. The van der Waals surface area contributed by atoms with Gasteiger partial charge in [0, 0.05) is 80.2 Å². The highest BCUT2D eigenvalue weighted by Gasteiger charge is 2.50. The number of aromatic nitrogens is 1. The van der Waals surface area contributed by atoms with Gasteiger partial charge < -0.3 is 19.3 Å². The smallest absolute Gasteiger partial charge is 0.252 e. The monoisotopic (exact) mass is 1190 g/mol. The third-order valence-corrected chi connectivity index (χ3v) is 23.1. The number of allylic oxidation sites excluding steroid dienone is 12. The first-order valence-corrected chi connectivity index (χ1v) is 34.3. The molecule has 0 radical (unpaired) electrons. The van der Waals surface area contributed by atoms with Gasteiger partial charge in [0.15, 0.2) is 0 Å². The summed E-state index contributed by atoms with van der Waals surface area (Å²) in [6.07, 6.45) is 23.2. The van der Waals surface area contributed by atoms with Crippen molar-refractivity contribution in [1.82, 2.24) is 4.57 Å². The lowest BCUT2D eigenvalue weighted by molar-refractivity contribution is 0.0900. The lowest BCUT2D eigenvalue weighted by atomic mass is 9.33. The van der Waals surface area contributed by atoms with Crippen LogP contribution in [0.25, 0.3) is 55.3 Å². The summed E-state index contributed by atoms with van der Waals surface area (Å²) in [5, 5.41) is 2.54. The van der Waals surface area contributed by atoms with Gasteiger partial charge in [-0.3, -0.25) is 0 Å². The summed E-state index contributed by atoms with van der Waals surface area (Å²) in [5.41, 5.74) is 31.4. The van der Waals surface area contributed by atoms with Gasteiger partial charge in [-0.25, -0.2) is 0 Å². The van der Waals surface area contributed by atoms with Gasteiger partial charge >= 0.3 is 0 Å². The molecule has 2 saturated carbocycles. The zero-order valence-electron chi connectivity index (χ0n) is 53.7. The molecule has 4 fully saturated rings. The molecule has 3 unspecified atom stereocenters. The molecule has 10 aromatic rings. The predicted octanol–water partition coefficient (Wildman–Crippen LogP) is 20.4. The minimum atomic E-state index is -0.0709. The first kappa shape index (κ1) is 54.4. The molecule has 0 N–H and O–H groups in total. The van der Waals surface area contributed by atoms with Crippen molar-refractivity contribution in [3.8, 4) is 27.9 Å². The average molecular weight is 1190 g/mol. The number of anilines is 7. The quantitative estimate of drug-likeness (QED) is 0.148. The summed E-state index contributed by atoms with van der Waals surface area (Å²) in [6, 6.07) is 80.4. The third kappa shape index (κ3) is 8.35. The predicted molar refractivity (Wildman–Crippen MR) is 388 cm³/mol. The fourth-order valence-electron chi connectivity index (χ4n) is 19.0. The van der Waals surface area contributed by atoms with Crippen molar-refractivity contribution in [1.29, 1.82) is 0 Å². The standard InChI is InChI=1S/C87H77BN4/c1-86(2,3)63-44-60-25-26-61-45-64(87(4,5)6)49-74-73(47-62(46-63)83(60)84(61)74)59-31-37-75-79(48-59)90(65-32-27-57(28-33-65)55-17-9-7-10-18-55)81-51-70(89-68-40-53-39-54(42-68)43-69(89)41-53)52-82-85(81)88(75)76-38-36-67(92-77-23-15-13-21-71(77)72-22-14-16-24-78(72)92)50-80(76)91(82)66-34-29-58(30-35-66)56-19-11-8-12-20-56/h7-38,44,46-54,61,68-69,83-84H,39-43,45H2,1-6H3. The van der Waals surface area contributed by atoms with E-state index in [1.54, 1.807) is 5.57 Å². The van der Waals surface area contributed by atoms with Crippen LogP contribution in [-0.4, -0.2) is 23.4 Å². The lowest BCUT2D eigenvalue weighted by Gasteiger charge is -2.58. The van der Waals surface area contributed by atoms with Crippen LogP contribution in [0.3, 0.4) is 0 Å². The Kier molecular flexibility index (Phi) is 11.9. The van der Waals surface area contributed by atoms with Crippen molar-refractivity contribution in [2.24, 2.45) is 40.4 Å². The Bertz CT molecular complexity index is 4860. The molecule has 5 heteroatoms. The van der Waals surface area contributed by atoms with Gasteiger partial charge in [-0.05, 0) is 206 Å². The van der Waals surface area contributed by atoms with Crippen molar-refractivity contribution in [2.75, 3.05) is 14.7 Å². The third-order valence-electron chi connectivity index (χ3n) is 23.1. The van der Waals surface area contributed by atoms with Crippen LogP contribution in [0, 0.1) is 40.4 Å². The summed E-state index contributed by atoms with van der Waals surface area (Å²) in [4.78, 5) is 8.33. The van der Waals surface area contributed by atoms with E-state index >= 15 is 0 Å². The Balaban J connectivity index is 0.891.